The normalized spacial score (nSPS) is 16.0. The van der Waals surface area contributed by atoms with Crippen molar-refractivity contribution in [3.63, 3.8) is 0 Å². The Morgan fingerprint density at radius 1 is 1.07 bits per heavy atom. The summed E-state index contributed by atoms with van der Waals surface area (Å²) in [4.78, 5) is 16.4. The molecule has 4 rings (SSSR count). The average molecular weight is 368 g/mol. The smallest absolute Gasteiger partial charge is 0.319 e. The van der Waals surface area contributed by atoms with Crippen molar-refractivity contribution >= 4 is 17.5 Å². The van der Waals surface area contributed by atoms with Gasteiger partial charge in [0.2, 0.25) is 6.79 Å². The lowest BCUT2D eigenvalue weighted by Crippen LogP contribution is -2.39. The molecule has 2 aliphatic rings. The van der Waals surface area contributed by atoms with Crippen molar-refractivity contribution in [1.29, 1.82) is 0 Å². The van der Waals surface area contributed by atoms with Crippen LogP contribution in [0, 0.1) is 0 Å². The van der Waals surface area contributed by atoms with Gasteiger partial charge in [-0.25, -0.2) is 9.78 Å². The Hall–Kier alpha value is -2.96. The van der Waals surface area contributed by atoms with Gasteiger partial charge in [-0.15, -0.1) is 0 Å². The number of benzene rings is 1. The van der Waals surface area contributed by atoms with Crippen molar-refractivity contribution in [2.24, 2.45) is 0 Å². The number of hydrogen-bond acceptors (Lipinski definition) is 5. The molecule has 2 aromatic rings. The van der Waals surface area contributed by atoms with Crippen LogP contribution in [0.5, 0.6) is 11.5 Å². The summed E-state index contributed by atoms with van der Waals surface area (Å²) in [6, 6.07) is 9.68. The molecule has 1 aliphatic carbocycles. The van der Waals surface area contributed by atoms with Crippen molar-refractivity contribution in [1.82, 2.24) is 10.3 Å². The predicted octanol–water partition coefficient (Wildman–Crippen LogP) is 3.88. The SMILES string of the molecule is O=C(Nc1ccc(NCc2ccc3c(c2)OCO3)nc1)NC1CCCCC1. The molecule has 3 N–H and O–H groups in total. The molecule has 142 valence electrons. The highest BCUT2D eigenvalue weighted by Crippen LogP contribution is 2.32. The van der Waals surface area contributed by atoms with Crippen LogP contribution in [0.1, 0.15) is 37.7 Å². The van der Waals surface area contributed by atoms with Crippen molar-refractivity contribution in [3.8, 4) is 11.5 Å². The lowest BCUT2D eigenvalue weighted by atomic mass is 9.96. The first-order valence-corrected chi connectivity index (χ1v) is 9.42. The highest BCUT2D eigenvalue weighted by atomic mass is 16.7. The molecule has 0 radical (unpaired) electrons. The number of ether oxygens (including phenoxy) is 2. The van der Waals surface area contributed by atoms with Crippen LogP contribution < -0.4 is 25.4 Å². The zero-order valence-electron chi connectivity index (χ0n) is 15.2. The van der Waals surface area contributed by atoms with Gasteiger partial charge in [-0.3, -0.25) is 0 Å². The number of hydrogen-bond donors (Lipinski definition) is 3. The van der Waals surface area contributed by atoms with Gasteiger partial charge in [0, 0.05) is 12.6 Å². The molecule has 2 heterocycles. The van der Waals surface area contributed by atoms with Gasteiger partial charge in [0.05, 0.1) is 11.9 Å². The van der Waals surface area contributed by atoms with Crippen molar-refractivity contribution in [2.75, 3.05) is 17.4 Å². The van der Waals surface area contributed by atoms with Gasteiger partial charge in [0.1, 0.15) is 5.82 Å². The zero-order chi connectivity index (χ0) is 18.5. The number of amides is 2. The quantitative estimate of drug-likeness (QED) is 0.746. The van der Waals surface area contributed by atoms with Crippen LogP contribution in [0.4, 0.5) is 16.3 Å². The predicted molar refractivity (Wildman–Crippen MR) is 103 cm³/mol. The second-order valence-corrected chi connectivity index (χ2v) is 6.91. The van der Waals surface area contributed by atoms with Crippen LogP contribution in [-0.2, 0) is 6.54 Å². The second kappa shape index (κ2) is 8.16. The second-order valence-electron chi connectivity index (χ2n) is 6.91. The number of nitrogens with zero attached hydrogens (tertiary/aromatic N) is 1. The van der Waals surface area contributed by atoms with Crippen LogP contribution in [0.3, 0.4) is 0 Å². The minimum absolute atomic E-state index is 0.162. The Kier molecular flexibility index (Phi) is 5.27. The molecule has 0 bridgehead atoms. The van der Waals surface area contributed by atoms with Gasteiger partial charge >= 0.3 is 6.03 Å². The molecule has 0 saturated heterocycles. The van der Waals surface area contributed by atoms with E-state index in [2.05, 4.69) is 20.9 Å². The lowest BCUT2D eigenvalue weighted by Gasteiger charge is -2.22. The van der Waals surface area contributed by atoms with E-state index in [-0.39, 0.29) is 18.9 Å². The van der Waals surface area contributed by atoms with Crippen LogP contribution >= 0.6 is 0 Å². The number of pyridine rings is 1. The maximum Gasteiger partial charge on any atom is 0.319 e. The Morgan fingerprint density at radius 2 is 1.93 bits per heavy atom. The first kappa shape index (κ1) is 17.5. The summed E-state index contributed by atoms with van der Waals surface area (Å²) in [7, 11) is 0. The molecule has 7 heteroatoms. The van der Waals surface area contributed by atoms with Gasteiger partial charge in [-0.05, 0) is 42.7 Å². The fraction of sp³-hybridized carbons (Fsp3) is 0.400. The largest absolute Gasteiger partial charge is 0.454 e. The molecule has 1 aromatic carbocycles. The molecule has 0 atom stereocenters. The third kappa shape index (κ3) is 4.61. The Morgan fingerprint density at radius 3 is 2.74 bits per heavy atom. The number of urea groups is 1. The summed E-state index contributed by atoms with van der Waals surface area (Å²) in [6.07, 6.45) is 7.43. The van der Waals surface area contributed by atoms with Crippen LogP contribution in [-0.4, -0.2) is 23.8 Å². The van der Waals surface area contributed by atoms with E-state index in [1.165, 1.54) is 19.3 Å². The molecule has 7 nitrogen and oxygen atoms in total. The summed E-state index contributed by atoms with van der Waals surface area (Å²) in [5, 5.41) is 9.14. The van der Waals surface area contributed by atoms with Gasteiger partial charge in [-0.2, -0.15) is 0 Å². The van der Waals surface area contributed by atoms with E-state index < -0.39 is 0 Å². The highest BCUT2D eigenvalue weighted by Gasteiger charge is 2.16. The molecule has 1 aliphatic heterocycles. The van der Waals surface area contributed by atoms with E-state index >= 15 is 0 Å². The van der Waals surface area contributed by atoms with Gasteiger partial charge in [-0.1, -0.05) is 25.3 Å². The Labute approximate surface area is 158 Å². The molecule has 1 fully saturated rings. The first-order valence-electron chi connectivity index (χ1n) is 9.42. The third-order valence-corrected chi connectivity index (χ3v) is 4.87. The average Bonchev–Trinajstić information content (AvgIpc) is 3.16. The van der Waals surface area contributed by atoms with Crippen LogP contribution in [0.25, 0.3) is 0 Å². The third-order valence-electron chi connectivity index (χ3n) is 4.87. The number of carbonyl (C=O) groups is 1. The highest BCUT2D eigenvalue weighted by molar-refractivity contribution is 5.89. The minimum Gasteiger partial charge on any atom is -0.454 e. The van der Waals surface area contributed by atoms with E-state index in [0.29, 0.717) is 12.2 Å². The van der Waals surface area contributed by atoms with Gasteiger partial charge in [0.25, 0.3) is 0 Å². The Balaban J connectivity index is 1.26. The van der Waals surface area contributed by atoms with Crippen molar-refractivity contribution in [3.05, 3.63) is 42.1 Å². The minimum atomic E-state index is -0.162. The number of anilines is 2. The molecule has 27 heavy (non-hydrogen) atoms. The summed E-state index contributed by atoms with van der Waals surface area (Å²) in [5.41, 5.74) is 1.76. The van der Waals surface area contributed by atoms with E-state index in [1.54, 1.807) is 6.20 Å². The van der Waals surface area contributed by atoms with Crippen LogP contribution in [0.2, 0.25) is 0 Å². The van der Waals surface area contributed by atoms with E-state index in [1.807, 2.05) is 30.3 Å². The maximum absolute atomic E-state index is 12.1. The summed E-state index contributed by atoms with van der Waals surface area (Å²) >= 11 is 0. The molecular formula is C20H24N4O3. The molecule has 0 unspecified atom stereocenters. The standard InChI is InChI=1S/C20H24N4O3/c25-20(23-15-4-2-1-3-5-15)24-16-7-9-19(22-12-16)21-11-14-6-8-17-18(10-14)27-13-26-17/h6-10,12,15H,1-5,11,13H2,(H,21,22)(H2,23,24,25). The molecule has 0 spiro atoms. The van der Waals surface area contributed by atoms with Gasteiger partial charge < -0.3 is 25.4 Å². The molecule has 2 amide bonds. The van der Waals surface area contributed by atoms with E-state index in [0.717, 1.165) is 35.7 Å². The number of nitrogens with one attached hydrogen (secondary N) is 3. The molecule has 1 saturated carbocycles. The number of aromatic nitrogens is 1. The fourth-order valence-electron chi connectivity index (χ4n) is 3.42. The molecule has 1 aromatic heterocycles. The summed E-state index contributed by atoms with van der Waals surface area (Å²) in [6.45, 7) is 0.898. The lowest BCUT2D eigenvalue weighted by molar-refractivity contribution is 0.174. The fourth-order valence-corrected chi connectivity index (χ4v) is 3.42. The molecular weight excluding hydrogens is 344 g/mol. The summed E-state index contributed by atoms with van der Waals surface area (Å²) in [5.74, 6) is 2.29. The van der Waals surface area contributed by atoms with Gasteiger partial charge in [0.15, 0.2) is 11.5 Å². The van der Waals surface area contributed by atoms with Crippen LogP contribution in [0.15, 0.2) is 36.5 Å². The van der Waals surface area contributed by atoms with Crippen molar-refractivity contribution < 1.29 is 14.3 Å². The number of carbonyl (C=O) groups excluding carboxylic acids is 1. The maximum atomic E-state index is 12.1. The number of fused-ring (bicyclic) bond motifs is 1. The van der Waals surface area contributed by atoms with E-state index in [9.17, 15) is 4.79 Å². The monoisotopic (exact) mass is 368 g/mol. The number of rotatable bonds is 5. The Bertz CT molecular complexity index is 788. The van der Waals surface area contributed by atoms with E-state index in [4.69, 9.17) is 9.47 Å². The zero-order valence-corrected chi connectivity index (χ0v) is 15.2. The summed E-state index contributed by atoms with van der Waals surface area (Å²) < 4.78 is 10.7. The van der Waals surface area contributed by atoms with Crippen molar-refractivity contribution in [2.45, 2.75) is 44.7 Å². The topological polar surface area (TPSA) is 84.5 Å². The first-order chi connectivity index (χ1) is 13.3.